The van der Waals surface area contributed by atoms with Gasteiger partial charge >= 0.3 is 0 Å². The summed E-state index contributed by atoms with van der Waals surface area (Å²) in [4.78, 5) is 29.8. The van der Waals surface area contributed by atoms with Crippen LogP contribution >= 0.6 is 11.6 Å². The van der Waals surface area contributed by atoms with Gasteiger partial charge in [-0.1, -0.05) is 60.1 Å². The molecular formula is C26H20ClN3O2. The van der Waals surface area contributed by atoms with Crippen molar-refractivity contribution in [3.63, 3.8) is 0 Å². The fraction of sp³-hybridized carbons (Fsp3) is 0.0769. The number of aromatic nitrogens is 2. The molecule has 5 rings (SSSR count). The van der Waals surface area contributed by atoms with Crippen molar-refractivity contribution < 1.29 is 4.79 Å². The van der Waals surface area contributed by atoms with Crippen LogP contribution in [0.5, 0.6) is 0 Å². The van der Waals surface area contributed by atoms with E-state index in [0.717, 1.165) is 16.3 Å². The summed E-state index contributed by atoms with van der Waals surface area (Å²) in [6, 6.07) is 23.9. The van der Waals surface area contributed by atoms with E-state index in [1.807, 2.05) is 79.7 Å². The predicted molar refractivity (Wildman–Crippen MR) is 129 cm³/mol. The van der Waals surface area contributed by atoms with E-state index in [0.29, 0.717) is 27.4 Å². The fourth-order valence-electron chi connectivity index (χ4n) is 4.11. The number of benzene rings is 3. The molecule has 1 amide bonds. The van der Waals surface area contributed by atoms with Gasteiger partial charge in [-0.15, -0.1) is 0 Å². The second kappa shape index (κ2) is 8.02. The van der Waals surface area contributed by atoms with Gasteiger partial charge in [-0.2, -0.15) is 0 Å². The molecule has 5 nitrogen and oxygen atoms in total. The van der Waals surface area contributed by atoms with Crippen LogP contribution in [-0.2, 0) is 0 Å². The molecule has 0 aliphatic heterocycles. The number of aromatic amines is 1. The molecule has 2 N–H and O–H groups in total. The molecule has 0 saturated carbocycles. The number of para-hydroxylation sites is 2. The van der Waals surface area contributed by atoms with Crippen LogP contribution < -0.4 is 10.9 Å². The van der Waals surface area contributed by atoms with Gasteiger partial charge in [0.25, 0.3) is 11.5 Å². The van der Waals surface area contributed by atoms with E-state index in [9.17, 15) is 9.59 Å². The van der Waals surface area contributed by atoms with Crippen LogP contribution in [0, 0.1) is 0 Å². The van der Waals surface area contributed by atoms with Crippen LogP contribution in [0.2, 0.25) is 5.02 Å². The number of rotatable bonds is 4. The average molecular weight is 442 g/mol. The maximum Gasteiger partial charge on any atom is 0.264 e. The van der Waals surface area contributed by atoms with Crippen molar-refractivity contribution in [1.82, 2.24) is 14.9 Å². The Labute approximate surface area is 189 Å². The Morgan fingerprint density at radius 2 is 1.75 bits per heavy atom. The highest BCUT2D eigenvalue weighted by Gasteiger charge is 2.20. The number of halogens is 1. The normalized spacial score (nSPS) is 12.2. The maximum absolute atomic E-state index is 13.5. The number of amides is 1. The first kappa shape index (κ1) is 20.1. The van der Waals surface area contributed by atoms with Gasteiger partial charge in [0, 0.05) is 28.5 Å². The molecule has 0 fully saturated rings. The van der Waals surface area contributed by atoms with E-state index in [1.165, 1.54) is 0 Å². The first-order chi connectivity index (χ1) is 15.5. The Morgan fingerprint density at radius 3 is 2.56 bits per heavy atom. The Morgan fingerprint density at radius 1 is 1.00 bits per heavy atom. The molecule has 32 heavy (non-hydrogen) atoms. The van der Waals surface area contributed by atoms with Crippen molar-refractivity contribution in [2.45, 2.75) is 13.0 Å². The molecule has 2 heterocycles. The highest BCUT2D eigenvalue weighted by Crippen LogP contribution is 2.26. The molecule has 0 aliphatic rings. The minimum atomic E-state index is -0.438. The van der Waals surface area contributed by atoms with E-state index in [2.05, 4.69) is 10.3 Å². The maximum atomic E-state index is 13.5. The zero-order valence-electron chi connectivity index (χ0n) is 17.3. The van der Waals surface area contributed by atoms with Gasteiger partial charge in [0.15, 0.2) is 0 Å². The van der Waals surface area contributed by atoms with E-state index >= 15 is 0 Å². The van der Waals surface area contributed by atoms with Crippen LogP contribution in [0.4, 0.5) is 0 Å². The number of hydrogen-bond donors (Lipinski definition) is 2. The fourth-order valence-corrected chi connectivity index (χ4v) is 4.37. The zero-order chi connectivity index (χ0) is 22.2. The first-order valence-electron chi connectivity index (χ1n) is 10.3. The molecule has 0 spiro atoms. The smallest absolute Gasteiger partial charge is 0.264 e. The Bertz CT molecular complexity index is 1520. The summed E-state index contributed by atoms with van der Waals surface area (Å²) >= 11 is 6.37. The third-order valence-corrected chi connectivity index (χ3v) is 5.98. The zero-order valence-corrected chi connectivity index (χ0v) is 18.1. The van der Waals surface area contributed by atoms with Crippen LogP contribution in [-0.4, -0.2) is 15.5 Å². The summed E-state index contributed by atoms with van der Waals surface area (Å²) in [7, 11) is 0. The van der Waals surface area contributed by atoms with E-state index in [-0.39, 0.29) is 11.5 Å². The highest BCUT2D eigenvalue weighted by atomic mass is 35.5. The number of carbonyl (C=O) groups excluding carboxylic acids is 1. The van der Waals surface area contributed by atoms with Crippen molar-refractivity contribution in [1.29, 1.82) is 0 Å². The lowest BCUT2D eigenvalue weighted by Crippen LogP contribution is -2.32. The summed E-state index contributed by atoms with van der Waals surface area (Å²) in [5, 5.41) is 5.50. The van der Waals surface area contributed by atoms with Gasteiger partial charge in [-0.3, -0.25) is 14.2 Å². The van der Waals surface area contributed by atoms with Gasteiger partial charge < -0.3 is 10.3 Å². The minimum absolute atomic E-state index is 0.215. The molecule has 0 unspecified atom stereocenters. The lowest BCUT2D eigenvalue weighted by molar-refractivity contribution is 0.0940. The van der Waals surface area contributed by atoms with E-state index in [1.54, 1.807) is 16.8 Å². The van der Waals surface area contributed by atoms with Gasteiger partial charge in [-0.05, 0) is 42.6 Å². The van der Waals surface area contributed by atoms with Crippen molar-refractivity contribution in [3.05, 3.63) is 112 Å². The van der Waals surface area contributed by atoms with Crippen LogP contribution in [0.3, 0.4) is 0 Å². The number of fused-ring (bicyclic) bond motifs is 2. The monoisotopic (exact) mass is 441 g/mol. The molecule has 0 aliphatic carbocycles. The van der Waals surface area contributed by atoms with Gasteiger partial charge in [0.05, 0.1) is 22.0 Å². The second-order valence-electron chi connectivity index (χ2n) is 7.69. The van der Waals surface area contributed by atoms with Crippen molar-refractivity contribution >= 4 is 39.2 Å². The SMILES string of the molecule is C[C@H](NC(=O)c1c[nH]c2ccccc12)c1cc2cccc(Cl)c2c(=O)n1-c1ccccc1. The molecule has 5 aromatic rings. The highest BCUT2D eigenvalue weighted by molar-refractivity contribution is 6.35. The number of nitrogens with zero attached hydrogens (tertiary/aromatic N) is 1. The molecule has 2 aromatic heterocycles. The third kappa shape index (κ3) is 3.37. The molecule has 1 atom stereocenters. The molecule has 0 saturated heterocycles. The second-order valence-corrected chi connectivity index (χ2v) is 8.10. The lowest BCUT2D eigenvalue weighted by Gasteiger charge is -2.21. The van der Waals surface area contributed by atoms with Gasteiger partial charge in [0.2, 0.25) is 0 Å². The molecule has 3 aromatic carbocycles. The van der Waals surface area contributed by atoms with Crippen LogP contribution in [0.15, 0.2) is 89.9 Å². The summed E-state index contributed by atoms with van der Waals surface area (Å²) in [6.45, 7) is 1.87. The molecule has 158 valence electrons. The minimum Gasteiger partial charge on any atom is -0.360 e. The van der Waals surface area contributed by atoms with Crippen LogP contribution in [0.1, 0.15) is 29.0 Å². The number of hydrogen-bond acceptors (Lipinski definition) is 2. The Hall–Kier alpha value is -3.83. The lowest BCUT2D eigenvalue weighted by atomic mass is 10.1. The number of nitrogens with one attached hydrogen (secondary N) is 2. The standard InChI is InChI=1S/C26H20ClN3O2/c1-16(29-25(31)20-15-28-22-13-6-5-11-19(20)22)23-14-17-8-7-12-21(27)24(17)26(32)30(23)18-9-3-2-4-10-18/h2-16,28H,1H3,(H,29,31)/t16-/m0/s1. The molecule has 6 heteroatoms. The van der Waals surface area contributed by atoms with Crippen molar-refractivity contribution in [3.8, 4) is 5.69 Å². The quantitative estimate of drug-likeness (QED) is 0.380. The molecular weight excluding hydrogens is 422 g/mol. The summed E-state index contributed by atoms with van der Waals surface area (Å²) in [6.07, 6.45) is 1.71. The van der Waals surface area contributed by atoms with Crippen LogP contribution in [0.25, 0.3) is 27.4 Å². The third-order valence-electron chi connectivity index (χ3n) is 5.66. The average Bonchev–Trinajstić information content (AvgIpc) is 3.24. The van der Waals surface area contributed by atoms with E-state index in [4.69, 9.17) is 11.6 Å². The summed E-state index contributed by atoms with van der Waals surface area (Å²) < 4.78 is 1.62. The predicted octanol–water partition coefficient (Wildman–Crippen LogP) is 5.62. The molecule has 0 bridgehead atoms. The Balaban J connectivity index is 1.62. The molecule has 0 radical (unpaired) electrons. The number of pyridine rings is 1. The number of H-pyrrole nitrogens is 1. The van der Waals surface area contributed by atoms with Gasteiger partial charge in [-0.25, -0.2) is 0 Å². The summed E-state index contributed by atoms with van der Waals surface area (Å²) in [5.74, 6) is -0.215. The van der Waals surface area contributed by atoms with E-state index < -0.39 is 6.04 Å². The topological polar surface area (TPSA) is 66.9 Å². The Kier molecular flexibility index (Phi) is 5.04. The van der Waals surface area contributed by atoms with Crippen molar-refractivity contribution in [2.24, 2.45) is 0 Å². The largest absolute Gasteiger partial charge is 0.360 e. The van der Waals surface area contributed by atoms with Gasteiger partial charge in [0.1, 0.15) is 0 Å². The summed E-state index contributed by atoms with van der Waals surface area (Å²) in [5.41, 5.74) is 2.62. The first-order valence-corrected chi connectivity index (χ1v) is 10.7. The number of carbonyl (C=O) groups is 1. The van der Waals surface area contributed by atoms with Crippen molar-refractivity contribution in [2.75, 3.05) is 0 Å².